The molecular formula is C25H28O4S. The zero-order chi connectivity index (χ0) is 21.7. The molecule has 1 heterocycles. The largest absolute Gasteiger partial charge is 0.461 e. The first-order chi connectivity index (χ1) is 14.4. The summed E-state index contributed by atoms with van der Waals surface area (Å²) in [4.78, 5) is 38.4. The third kappa shape index (κ3) is 5.39. The number of thiol groups is 1. The van der Waals surface area contributed by atoms with E-state index in [1.807, 2.05) is 32.0 Å². The van der Waals surface area contributed by atoms with Gasteiger partial charge in [0.05, 0.1) is 6.26 Å². The normalized spacial score (nSPS) is 19.1. The predicted octanol–water partition coefficient (Wildman–Crippen LogP) is 5.47. The highest BCUT2D eigenvalue weighted by molar-refractivity contribution is 7.84. The minimum absolute atomic E-state index is 0.0333. The third-order valence-corrected chi connectivity index (χ3v) is 6.39. The number of Topliss-reactive ketones (excluding diaryl/α,β-unsaturated/α-hetero) is 3. The summed E-state index contributed by atoms with van der Waals surface area (Å²) in [6.45, 7) is 4.06. The average molecular weight is 425 g/mol. The van der Waals surface area contributed by atoms with Gasteiger partial charge in [-0.1, -0.05) is 30.7 Å². The van der Waals surface area contributed by atoms with Crippen LogP contribution in [0.5, 0.6) is 0 Å². The monoisotopic (exact) mass is 424 g/mol. The summed E-state index contributed by atoms with van der Waals surface area (Å²) in [5.74, 6) is -0.260. The zero-order valence-corrected chi connectivity index (χ0v) is 18.4. The van der Waals surface area contributed by atoms with Gasteiger partial charge in [0.25, 0.3) is 0 Å². The van der Waals surface area contributed by atoms with Crippen LogP contribution in [0.1, 0.15) is 59.3 Å². The maximum absolute atomic E-state index is 12.7. The maximum atomic E-state index is 12.7. The number of aryl methyl sites for hydroxylation is 1. The van der Waals surface area contributed by atoms with Crippen LogP contribution in [0.2, 0.25) is 0 Å². The number of ketones is 3. The van der Waals surface area contributed by atoms with Crippen molar-refractivity contribution in [3.63, 3.8) is 0 Å². The lowest BCUT2D eigenvalue weighted by molar-refractivity contribution is -0.122. The van der Waals surface area contributed by atoms with Crippen LogP contribution in [0.25, 0.3) is 0 Å². The SMILES string of the molecule is Cc1cccc(CC(=O)C/C(S)=C/CC(=O)C2CCCC2C(=O)c2ccco2)c1C. The number of allylic oxidation sites excluding steroid dienone is 2. The van der Waals surface area contributed by atoms with Gasteiger partial charge in [-0.3, -0.25) is 14.4 Å². The minimum Gasteiger partial charge on any atom is -0.461 e. The van der Waals surface area contributed by atoms with Gasteiger partial charge in [-0.15, -0.1) is 12.6 Å². The van der Waals surface area contributed by atoms with Crippen molar-refractivity contribution in [2.45, 2.75) is 52.4 Å². The molecule has 1 saturated carbocycles. The fourth-order valence-corrected chi connectivity index (χ4v) is 4.45. The molecule has 0 amide bonds. The Morgan fingerprint density at radius 2 is 1.87 bits per heavy atom. The summed E-state index contributed by atoms with van der Waals surface area (Å²) < 4.78 is 5.22. The van der Waals surface area contributed by atoms with Crippen molar-refractivity contribution in [3.05, 3.63) is 70.0 Å². The third-order valence-electron chi connectivity index (χ3n) is 6.05. The molecule has 1 aliphatic rings. The van der Waals surface area contributed by atoms with Gasteiger partial charge >= 0.3 is 0 Å². The molecule has 5 heteroatoms. The molecule has 2 atom stereocenters. The lowest BCUT2D eigenvalue weighted by Crippen LogP contribution is -2.25. The van der Waals surface area contributed by atoms with Crippen LogP contribution in [-0.4, -0.2) is 17.3 Å². The topological polar surface area (TPSA) is 64.3 Å². The lowest BCUT2D eigenvalue weighted by atomic mass is 9.86. The van der Waals surface area contributed by atoms with Crippen LogP contribution < -0.4 is 0 Å². The molecule has 0 aliphatic heterocycles. The summed E-state index contributed by atoms with van der Waals surface area (Å²) in [5.41, 5.74) is 3.34. The van der Waals surface area contributed by atoms with Gasteiger partial charge in [0, 0.05) is 31.1 Å². The van der Waals surface area contributed by atoms with Crippen molar-refractivity contribution >= 4 is 30.0 Å². The molecule has 158 valence electrons. The first kappa shape index (κ1) is 22.3. The molecule has 0 spiro atoms. The van der Waals surface area contributed by atoms with Gasteiger partial charge in [0.1, 0.15) is 11.6 Å². The molecule has 2 aromatic rings. The standard InChI is InChI=1S/C25H28O4S/c1-16-6-3-7-18(17(16)2)14-19(26)15-20(30)11-12-23(27)21-8-4-9-22(21)25(28)24-10-5-13-29-24/h3,5-7,10-11,13,21-22,30H,4,8-9,12,14-15H2,1-2H3/b20-11-. The van der Waals surface area contributed by atoms with Crippen LogP contribution >= 0.6 is 12.6 Å². The van der Waals surface area contributed by atoms with E-state index in [4.69, 9.17) is 4.42 Å². The highest BCUT2D eigenvalue weighted by Crippen LogP contribution is 2.36. The summed E-state index contributed by atoms with van der Waals surface area (Å²) in [6.07, 6.45) is 6.26. The van der Waals surface area contributed by atoms with E-state index in [0.29, 0.717) is 23.5 Å². The fraction of sp³-hybridized carbons (Fsp3) is 0.400. The second-order valence-corrected chi connectivity index (χ2v) is 8.68. The molecule has 1 aliphatic carbocycles. The van der Waals surface area contributed by atoms with E-state index in [9.17, 15) is 14.4 Å². The number of carbonyl (C=O) groups is 3. The Kier molecular flexibility index (Phi) is 7.48. The number of hydrogen-bond acceptors (Lipinski definition) is 5. The number of furan rings is 1. The number of benzene rings is 1. The first-order valence-corrected chi connectivity index (χ1v) is 10.9. The number of rotatable bonds is 9. The Hall–Kier alpha value is -2.40. The van der Waals surface area contributed by atoms with Crippen LogP contribution in [0.4, 0.5) is 0 Å². The van der Waals surface area contributed by atoms with Crippen LogP contribution in [-0.2, 0) is 16.0 Å². The predicted molar refractivity (Wildman–Crippen MR) is 120 cm³/mol. The van der Waals surface area contributed by atoms with E-state index in [2.05, 4.69) is 12.6 Å². The molecule has 4 nitrogen and oxygen atoms in total. The van der Waals surface area contributed by atoms with Gasteiger partial charge in [-0.05, 0) is 60.4 Å². The van der Waals surface area contributed by atoms with E-state index in [-0.39, 0.29) is 42.0 Å². The second-order valence-electron chi connectivity index (χ2n) is 8.10. The lowest BCUT2D eigenvalue weighted by Gasteiger charge is -2.15. The average Bonchev–Trinajstić information content (AvgIpc) is 3.41. The summed E-state index contributed by atoms with van der Waals surface area (Å²) in [6, 6.07) is 9.30. The highest BCUT2D eigenvalue weighted by atomic mass is 32.1. The van der Waals surface area contributed by atoms with E-state index in [0.717, 1.165) is 24.0 Å². The smallest absolute Gasteiger partial charge is 0.201 e. The quantitative estimate of drug-likeness (QED) is 0.428. The van der Waals surface area contributed by atoms with Crippen molar-refractivity contribution < 1.29 is 18.8 Å². The Morgan fingerprint density at radius 1 is 1.10 bits per heavy atom. The molecule has 30 heavy (non-hydrogen) atoms. The summed E-state index contributed by atoms with van der Waals surface area (Å²) in [5, 5.41) is 0. The molecule has 0 N–H and O–H groups in total. The number of carbonyl (C=O) groups excluding carboxylic acids is 3. The van der Waals surface area contributed by atoms with Crippen molar-refractivity contribution in [2.75, 3.05) is 0 Å². The summed E-state index contributed by atoms with van der Waals surface area (Å²) in [7, 11) is 0. The van der Waals surface area contributed by atoms with Crippen molar-refractivity contribution in [2.24, 2.45) is 11.8 Å². The van der Waals surface area contributed by atoms with Crippen molar-refractivity contribution in [3.8, 4) is 0 Å². The zero-order valence-electron chi connectivity index (χ0n) is 17.5. The van der Waals surface area contributed by atoms with E-state index >= 15 is 0 Å². The maximum Gasteiger partial charge on any atom is 0.201 e. The molecule has 1 fully saturated rings. The Balaban J connectivity index is 1.55. The van der Waals surface area contributed by atoms with E-state index in [1.54, 1.807) is 18.2 Å². The van der Waals surface area contributed by atoms with Gasteiger partial charge < -0.3 is 4.42 Å². The van der Waals surface area contributed by atoms with Gasteiger partial charge in [0.2, 0.25) is 5.78 Å². The van der Waals surface area contributed by atoms with Gasteiger partial charge in [0.15, 0.2) is 5.76 Å². The van der Waals surface area contributed by atoms with Crippen LogP contribution in [0.3, 0.4) is 0 Å². The molecule has 2 unspecified atom stereocenters. The Morgan fingerprint density at radius 3 is 2.60 bits per heavy atom. The first-order valence-electron chi connectivity index (χ1n) is 10.4. The molecule has 0 bridgehead atoms. The van der Waals surface area contributed by atoms with Crippen LogP contribution in [0.15, 0.2) is 52.0 Å². The number of hydrogen-bond donors (Lipinski definition) is 1. The van der Waals surface area contributed by atoms with Crippen molar-refractivity contribution in [1.29, 1.82) is 0 Å². The molecule has 0 saturated heterocycles. The fourth-order valence-electron chi connectivity index (χ4n) is 4.18. The molecule has 1 aromatic carbocycles. The van der Waals surface area contributed by atoms with Crippen LogP contribution in [0, 0.1) is 25.7 Å². The van der Waals surface area contributed by atoms with Gasteiger partial charge in [-0.25, -0.2) is 0 Å². The molecule has 3 rings (SSSR count). The highest BCUT2D eigenvalue weighted by Gasteiger charge is 2.38. The minimum atomic E-state index is -0.314. The second kappa shape index (κ2) is 10.1. The Bertz CT molecular complexity index is 956. The van der Waals surface area contributed by atoms with Crippen molar-refractivity contribution in [1.82, 2.24) is 0 Å². The molecule has 0 radical (unpaired) electrons. The molecule has 1 aromatic heterocycles. The van der Waals surface area contributed by atoms with E-state index < -0.39 is 0 Å². The van der Waals surface area contributed by atoms with Gasteiger partial charge in [-0.2, -0.15) is 0 Å². The van der Waals surface area contributed by atoms with E-state index in [1.165, 1.54) is 11.8 Å². The Labute approximate surface area is 183 Å². The summed E-state index contributed by atoms with van der Waals surface area (Å²) >= 11 is 4.42. The molecular weight excluding hydrogens is 396 g/mol.